The monoisotopic (exact) mass is 291 g/mol. The second-order valence-corrected chi connectivity index (χ2v) is 5.50. The number of carbonyl (C=O) groups is 1. The van der Waals surface area contributed by atoms with Gasteiger partial charge in [-0.1, -0.05) is 6.07 Å². The molecule has 0 aromatic carbocycles. The van der Waals surface area contributed by atoms with E-state index < -0.39 is 0 Å². The van der Waals surface area contributed by atoms with Crippen LogP contribution in [0.2, 0.25) is 0 Å². The minimum atomic E-state index is -0.245. The maximum absolute atomic E-state index is 12.3. The third-order valence-electron chi connectivity index (χ3n) is 3.87. The summed E-state index contributed by atoms with van der Waals surface area (Å²) >= 11 is 0. The third-order valence-corrected chi connectivity index (χ3v) is 3.87. The number of carbonyl (C=O) groups excluding carboxylic acids is 1. The Hall–Kier alpha value is -1.70. The number of hydrazine groups is 1. The Labute approximate surface area is 123 Å². The molecule has 0 bridgehead atoms. The fourth-order valence-electron chi connectivity index (χ4n) is 2.51. The zero-order chi connectivity index (χ0) is 14.7. The van der Waals surface area contributed by atoms with Gasteiger partial charge in [0.15, 0.2) is 0 Å². The molecule has 1 aromatic rings. The van der Waals surface area contributed by atoms with Gasteiger partial charge in [-0.05, 0) is 18.9 Å². The standard InChI is InChI=1S/C14H21N5O2/c15-18-13-10(2-1-5-16-13)8-19-6-7-21-9-12(19)14(20)17-11-3-4-11/h1-2,5,11-12H,3-4,6-9,15H2,(H,16,18)(H,17,20). The molecule has 1 unspecified atom stereocenters. The SMILES string of the molecule is NNc1ncccc1CN1CCOCC1C(=O)NC1CC1. The predicted molar refractivity (Wildman–Crippen MR) is 78.2 cm³/mol. The van der Waals surface area contributed by atoms with E-state index in [0.29, 0.717) is 31.6 Å². The molecule has 0 radical (unpaired) electrons. The van der Waals surface area contributed by atoms with E-state index in [2.05, 4.69) is 20.6 Å². The van der Waals surface area contributed by atoms with Crippen LogP contribution >= 0.6 is 0 Å². The fourth-order valence-corrected chi connectivity index (χ4v) is 2.51. The predicted octanol–water partition coefficient (Wildman–Crippen LogP) is -0.153. The number of rotatable bonds is 5. The first-order chi connectivity index (χ1) is 10.3. The van der Waals surface area contributed by atoms with Crippen molar-refractivity contribution in [2.24, 2.45) is 5.84 Å². The van der Waals surface area contributed by atoms with Crippen LogP contribution in [-0.4, -0.2) is 47.6 Å². The molecule has 21 heavy (non-hydrogen) atoms. The number of nitrogens with zero attached hydrogens (tertiary/aromatic N) is 2. The number of pyridine rings is 1. The molecule has 1 aliphatic carbocycles. The van der Waals surface area contributed by atoms with Gasteiger partial charge in [0, 0.05) is 30.9 Å². The van der Waals surface area contributed by atoms with Crippen LogP contribution in [0.4, 0.5) is 5.82 Å². The van der Waals surface area contributed by atoms with E-state index in [1.165, 1.54) is 0 Å². The third kappa shape index (κ3) is 3.49. The largest absolute Gasteiger partial charge is 0.378 e. The van der Waals surface area contributed by atoms with Crippen LogP contribution in [0.25, 0.3) is 0 Å². The van der Waals surface area contributed by atoms with Gasteiger partial charge in [-0.3, -0.25) is 9.69 Å². The molecule has 2 aliphatic rings. The van der Waals surface area contributed by atoms with Crippen LogP contribution in [-0.2, 0) is 16.1 Å². The average Bonchev–Trinajstić information content (AvgIpc) is 3.32. The van der Waals surface area contributed by atoms with Gasteiger partial charge in [0.1, 0.15) is 11.9 Å². The summed E-state index contributed by atoms with van der Waals surface area (Å²) < 4.78 is 5.47. The van der Waals surface area contributed by atoms with E-state index in [1.54, 1.807) is 6.20 Å². The summed E-state index contributed by atoms with van der Waals surface area (Å²) in [5, 5.41) is 3.05. The molecule has 114 valence electrons. The van der Waals surface area contributed by atoms with Crippen molar-refractivity contribution in [1.29, 1.82) is 0 Å². The fraction of sp³-hybridized carbons (Fsp3) is 0.571. The second kappa shape index (κ2) is 6.38. The highest BCUT2D eigenvalue weighted by molar-refractivity contribution is 5.82. The maximum Gasteiger partial charge on any atom is 0.239 e. The summed E-state index contributed by atoms with van der Waals surface area (Å²) in [5.74, 6) is 6.19. The summed E-state index contributed by atoms with van der Waals surface area (Å²) in [6, 6.07) is 3.95. The van der Waals surface area contributed by atoms with Crippen LogP contribution in [0.3, 0.4) is 0 Å². The number of nitrogens with one attached hydrogen (secondary N) is 2. The van der Waals surface area contributed by atoms with Crippen LogP contribution < -0.4 is 16.6 Å². The molecule has 1 aliphatic heterocycles. The summed E-state index contributed by atoms with van der Waals surface area (Å²) in [4.78, 5) is 18.6. The first-order valence-corrected chi connectivity index (χ1v) is 7.30. The number of ether oxygens (including phenoxy) is 1. The number of amides is 1. The van der Waals surface area contributed by atoms with Crippen molar-refractivity contribution in [1.82, 2.24) is 15.2 Å². The van der Waals surface area contributed by atoms with Crippen molar-refractivity contribution < 1.29 is 9.53 Å². The summed E-state index contributed by atoms with van der Waals surface area (Å²) in [6.45, 7) is 2.42. The highest BCUT2D eigenvalue weighted by Gasteiger charge is 2.33. The summed E-state index contributed by atoms with van der Waals surface area (Å²) in [5.41, 5.74) is 3.58. The van der Waals surface area contributed by atoms with Gasteiger partial charge in [-0.15, -0.1) is 0 Å². The molecular weight excluding hydrogens is 270 g/mol. The Morgan fingerprint density at radius 2 is 2.38 bits per heavy atom. The number of morpholine rings is 1. The normalized spacial score (nSPS) is 22.8. The highest BCUT2D eigenvalue weighted by Crippen LogP contribution is 2.21. The van der Waals surface area contributed by atoms with Crippen molar-refractivity contribution >= 4 is 11.7 Å². The smallest absolute Gasteiger partial charge is 0.239 e. The van der Waals surface area contributed by atoms with E-state index in [0.717, 1.165) is 24.9 Å². The number of hydrogen-bond acceptors (Lipinski definition) is 6. The Morgan fingerprint density at radius 1 is 1.52 bits per heavy atom. The minimum Gasteiger partial charge on any atom is -0.378 e. The molecule has 3 rings (SSSR count). The lowest BCUT2D eigenvalue weighted by Gasteiger charge is -2.34. The van der Waals surface area contributed by atoms with E-state index >= 15 is 0 Å². The number of aromatic nitrogens is 1. The van der Waals surface area contributed by atoms with Gasteiger partial charge in [0.25, 0.3) is 0 Å². The molecule has 0 spiro atoms. The zero-order valence-electron chi connectivity index (χ0n) is 11.9. The molecule has 7 nitrogen and oxygen atoms in total. The number of nitrogens with two attached hydrogens (primary N) is 1. The van der Waals surface area contributed by atoms with E-state index in [1.807, 2.05) is 12.1 Å². The van der Waals surface area contributed by atoms with Crippen LogP contribution in [0, 0.1) is 0 Å². The molecular formula is C14H21N5O2. The summed E-state index contributed by atoms with van der Waals surface area (Å²) in [7, 11) is 0. The zero-order valence-corrected chi connectivity index (χ0v) is 11.9. The van der Waals surface area contributed by atoms with Gasteiger partial charge in [0.2, 0.25) is 5.91 Å². The Morgan fingerprint density at radius 3 is 3.14 bits per heavy atom. The number of nitrogen functional groups attached to an aromatic ring is 1. The van der Waals surface area contributed by atoms with Crippen molar-refractivity contribution in [2.45, 2.75) is 31.5 Å². The van der Waals surface area contributed by atoms with E-state index in [4.69, 9.17) is 10.6 Å². The van der Waals surface area contributed by atoms with Crippen molar-refractivity contribution in [3.8, 4) is 0 Å². The first kappa shape index (κ1) is 14.2. The number of hydrogen-bond donors (Lipinski definition) is 3. The van der Waals surface area contributed by atoms with Gasteiger partial charge < -0.3 is 15.5 Å². The molecule has 2 heterocycles. The van der Waals surface area contributed by atoms with Crippen molar-refractivity contribution in [2.75, 3.05) is 25.2 Å². The van der Waals surface area contributed by atoms with Crippen molar-refractivity contribution in [3.63, 3.8) is 0 Å². The molecule has 1 saturated heterocycles. The van der Waals surface area contributed by atoms with Crippen LogP contribution in [0.5, 0.6) is 0 Å². The van der Waals surface area contributed by atoms with Gasteiger partial charge in [-0.2, -0.15) is 0 Å². The lowest BCUT2D eigenvalue weighted by molar-refractivity contribution is -0.133. The van der Waals surface area contributed by atoms with Gasteiger partial charge in [-0.25, -0.2) is 10.8 Å². The lowest BCUT2D eigenvalue weighted by atomic mass is 10.1. The lowest BCUT2D eigenvalue weighted by Crippen LogP contribution is -2.53. The Kier molecular flexibility index (Phi) is 4.33. The molecule has 1 atom stereocenters. The molecule has 2 fully saturated rings. The molecule has 1 aromatic heterocycles. The van der Waals surface area contributed by atoms with Crippen molar-refractivity contribution in [3.05, 3.63) is 23.9 Å². The molecule has 4 N–H and O–H groups in total. The Bertz CT molecular complexity index is 506. The molecule has 1 saturated carbocycles. The topological polar surface area (TPSA) is 92.5 Å². The minimum absolute atomic E-state index is 0.0587. The van der Waals surface area contributed by atoms with E-state index in [-0.39, 0.29) is 11.9 Å². The van der Waals surface area contributed by atoms with Crippen LogP contribution in [0.15, 0.2) is 18.3 Å². The highest BCUT2D eigenvalue weighted by atomic mass is 16.5. The quantitative estimate of drug-likeness (QED) is 0.516. The van der Waals surface area contributed by atoms with Gasteiger partial charge >= 0.3 is 0 Å². The second-order valence-electron chi connectivity index (χ2n) is 5.50. The molecule has 7 heteroatoms. The molecule has 1 amide bonds. The Balaban J connectivity index is 1.69. The van der Waals surface area contributed by atoms with E-state index in [9.17, 15) is 4.79 Å². The first-order valence-electron chi connectivity index (χ1n) is 7.30. The van der Waals surface area contributed by atoms with Crippen LogP contribution in [0.1, 0.15) is 18.4 Å². The number of anilines is 1. The van der Waals surface area contributed by atoms with Gasteiger partial charge in [0.05, 0.1) is 13.2 Å². The maximum atomic E-state index is 12.3. The summed E-state index contributed by atoms with van der Waals surface area (Å²) in [6.07, 6.45) is 3.86. The average molecular weight is 291 g/mol.